The summed E-state index contributed by atoms with van der Waals surface area (Å²) >= 11 is 0. The number of aromatic nitrogens is 5. The van der Waals surface area contributed by atoms with Crippen LogP contribution in [-0.2, 0) is 6.54 Å². The Hall–Kier alpha value is -2.54. The quantitative estimate of drug-likeness (QED) is 0.499. The van der Waals surface area contributed by atoms with Crippen molar-refractivity contribution in [2.75, 3.05) is 0 Å². The Kier molecular flexibility index (Phi) is 6.82. The molecule has 0 saturated heterocycles. The second kappa shape index (κ2) is 9.98. The molecule has 2 fully saturated rings. The van der Waals surface area contributed by atoms with Gasteiger partial charge < -0.3 is 4.98 Å². The highest BCUT2D eigenvalue weighted by atomic mass is 16.1. The van der Waals surface area contributed by atoms with E-state index in [2.05, 4.69) is 69.1 Å². The number of benzene rings is 1. The van der Waals surface area contributed by atoms with E-state index in [-0.39, 0.29) is 11.6 Å². The van der Waals surface area contributed by atoms with E-state index in [1.165, 1.54) is 56.1 Å². The van der Waals surface area contributed by atoms with Crippen LogP contribution in [0.1, 0.15) is 106 Å². The number of nitrogens with zero attached hydrogens (tertiary/aromatic N) is 5. The van der Waals surface area contributed by atoms with Crippen LogP contribution in [-0.4, -0.2) is 36.1 Å². The number of aromatic amines is 1. The van der Waals surface area contributed by atoms with Crippen LogP contribution >= 0.6 is 0 Å². The molecule has 3 aromatic rings. The van der Waals surface area contributed by atoms with Gasteiger partial charge in [0.05, 0.1) is 12.1 Å². The zero-order valence-corrected chi connectivity index (χ0v) is 20.9. The Labute approximate surface area is 201 Å². The van der Waals surface area contributed by atoms with Gasteiger partial charge in [0.2, 0.25) is 0 Å². The van der Waals surface area contributed by atoms with E-state index in [4.69, 9.17) is 0 Å². The van der Waals surface area contributed by atoms with Gasteiger partial charge in [0.25, 0.3) is 5.56 Å². The molecule has 2 heterocycles. The summed E-state index contributed by atoms with van der Waals surface area (Å²) in [5.41, 5.74) is 4.21. The summed E-state index contributed by atoms with van der Waals surface area (Å²) in [6, 6.07) is 7.33. The van der Waals surface area contributed by atoms with Crippen LogP contribution in [0.4, 0.5) is 0 Å². The molecule has 7 heteroatoms. The van der Waals surface area contributed by atoms with Crippen LogP contribution in [0.15, 0.2) is 23.0 Å². The molecule has 0 aliphatic heterocycles. The van der Waals surface area contributed by atoms with E-state index in [9.17, 15) is 4.79 Å². The van der Waals surface area contributed by atoms with Gasteiger partial charge in [-0.25, -0.2) is 4.68 Å². The molecule has 7 nitrogen and oxygen atoms in total. The number of hydrogen-bond donors (Lipinski definition) is 1. The van der Waals surface area contributed by atoms with Crippen LogP contribution in [0.3, 0.4) is 0 Å². The van der Waals surface area contributed by atoms with Crippen LogP contribution in [0.25, 0.3) is 10.9 Å². The fourth-order valence-electron chi connectivity index (χ4n) is 6.14. The molecular weight excluding hydrogens is 424 g/mol. The Bertz CT molecular complexity index is 1190. The first-order valence-electron chi connectivity index (χ1n) is 13.2. The highest BCUT2D eigenvalue weighted by Crippen LogP contribution is 2.36. The molecule has 2 aromatic heterocycles. The molecule has 2 aliphatic rings. The highest BCUT2D eigenvalue weighted by Gasteiger charge is 2.33. The lowest BCUT2D eigenvalue weighted by molar-refractivity contribution is 0.0830. The first kappa shape index (κ1) is 23.2. The van der Waals surface area contributed by atoms with Crippen LogP contribution < -0.4 is 5.56 Å². The van der Waals surface area contributed by atoms with Crippen LogP contribution in [0.2, 0.25) is 0 Å². The van der Waals surface area contributed by atoms with Crippen molar-refractivity contribution < 1.29 is 0 Å². The van der Waals surface area contributed by atoms with Gasteiger partial charge in [-0.1, -0.05) is 39.0 Å². The molecule has 0 bridgehead atoms. The lowest BCUT2D eigenvalue weighted by Gasteiger charge is -2.39. The van der Waals surface area contributed by atoms with Gasteiger partial charge in [0, 0.05) is 23.7 Å². The monoisotopic (exact) mass is 462 g/mol. The van der Waals surface area contributed by atoms with E-state index >= 15 is 0 Å². The van der Waals surface area contributed by atoms with Gasteiger partial charge in [0.1, 0.15) is 0 Å². The number of hydrogen-bond acceptors (Lipinski definition) is 5. The minimum Gasteiger partial charge on any atom is -0.322 e. The zero-order chi connectivity index (χ0) is 23.7. The summed E-state index contributed by atoms with van der Waals surface area (Å²) in [6.07, 6.45) is 11.9. The maximum atomic E-state index is 13.2. The third-order valence-corrected chi connectivity index (χ3v) is 8.21. The minimum absolute atomic E-state index is 0.0156. The average molecular weight is 463 g/mol. The van der Waals surface area contributed by atoms with E-state index in [1.54, 1.807) is 0 Å². The fourth-order valence-corrected chi connectivity index (χ4v) is 6.14. The number of tetrazole rings is 1. The van der Waals surface area contributed by atoms with Gasteiger partial charge in [0.15, 0.2) is 5.82 Å². The molecule has 1 aromatic carbocycles. The first-order valence-corrected chi connectivity index (χ1v) is 13.2. The average Bonchev–Trinajstić information content (AvgIpc) is 3.53. The number of nitrogens with one attached hydrogen (secondary N) is 1. The Morgan fingerprint density at radius 3 is 2.47 bits per heavy atom. The van der Waals surface area contributed by atoms with E-state index in [1.807, 2.05) is 0 Å². The summed E-state index contributed by atoms with van der Waals surface area (Å²) in [5.74, 6) is 0.976. The Balaban J connectivity index is 1.53. The number of fused-ring (bicyclic) bond motifs is 1. The van der Waals surface area contributed by atoms with E-state index in [0.29, 0.717) is 18.6 Å². The van der Waals surface area contributed by atoms with Crippen molar-refractivity contribution in [2.24, 2.45) is 0 Å². The predicted molar refractivity (Wildman–Crippen MR) is 135 cm³/mol. The molecule has 2 saturated carbocycles. The van der Waals surface area contributed by atoms with E-state index < -0.39 is 0 Å². The molecule has 2 aliphatic carbocycles. The summed E-state index contributed by atoms with van der Waals surface area (Å²) in [5, 5.41) is 14.2. The summed E-state index contributed by atoms with van der Waals surface area (Å²) in [4.78, 5) is 18.9. The Morgan fingerprint density at radius 1 is 1.03 bits per heavy atom. The van der Waals surface area contributed by atoms with Gasteiger partial charge in [-0.3, -0.25) is 9.69 Å². The topological polar surface area (TPSA) is 79.7 Å². The Morgan fingerprint density at radius 2 is 1.74 bits per heavy atom. The zero-order valence-electron chi connectivity index (χ0n) is 20.9. The fraction of sp³-hybridized carbons (Fsp3) is 0.630. The van der Waals surface area contributed by atoms with Gasteiger partial charge >= 0.3 is 0 Å². The lowest BCUT2D eigenvalue weighted by atomic mass is 9.92. The lowest BCUT2D eigenvalue weighted by Crippen LogP contribution is -2.41. The number of rotatable bonds is 7. The normalized spacial score (nSPS) is 18.8. The van der Waals surface area contributed by atoms with Crippen LogP contribution in [0, 0.1) is 13.8 Å². The SMILES string of the molecule is CC[C@H](c1nnnn1C1CCCC1)N(Cc1cc2cc(C)c(C)cc2[nH]c1=O)C1CCCCC1. The van der Waals surface area contributed by atoms with Crippen LogP contribution in [0.5, 0.6) is 0 Å². The number of H-pyrrole nitrogens is 1. The molecule has 5 rings (SSSR count). The van der Waals surface area contributed by atoms with Gasteiger partial charge in [-0.05, 0) is 91.1 Å². The van der Waals surface area contributed by atoms with Crippen molar-refractivity contribution >= 4 is 10.9 Å². The number of pyridine rings is 1. The predicted octanol–water partition coefficient (Wildman–Crippen LogP) is 5.53. The largest absolute Gasteiger partial charge is 0.322 e. The molecule has 34 heavy (non-hydrogen) atoms. The third-order valence-electron chi connectivity index (χ3n) is 8.21. The van der Waals surface area contributed by atoms with Gasteiger partial charge in [-0.2, -0.15) is 0 Å². The number of aryl methyl sites for hydroxylation is 2. The highest BCUT2D eigenvalue weighted by molar-refractivity contribution is 5.80. The smallest absolute Gasteiger partial charge is 0.252 e. The van der Waals surface area contributed by atoms with Gasteiger partial charge in [-0.15, -0.1) is 5.10 Å². The van der Waals surface area contributed by atoms with Crippen molar-refractivity contribution in [2.45, 2.75) is 110 Å². The third kappa shape index (κ3) is 4.54. The summed E-state index contributed by atoms with van der Waals surface area (Å²) in [6.45, 7) is 7.07. The van der Waals surface area contributed by atoms with Crippen molar-refractivity contribution in [3.8, 4) is 0 Å². The second-order valence-electron chi connectivity index (χ2n) is 10.5. The summed E-state index contributed by atoms with van der Waals surface area (Å²) in [7, 11) is 0. The van der Waals surface area contributed by atoms with Crippen molar-refractivity contribution in [3.05, 3.63) is 51.1 Å². The molecular formula is C27H38N6O. The molecule has 0 amide bonds. The molecule has 1 atom stereocenters. The molecule has 1 N–H and O–H groups in total. The molecule has 0 spiro atoms. The molecule has 182 valence electrons. The standard InChI is InChI=1S/C27H38N6O/c1-4-25(26-29-30-31-33(26)23-12-8-9-13-23)32(22-10-6-5-7-11-22)17-21-16-20-14-18(2)19(3)15-24(20)28-27(21)34/h14-16,22-23,25H,4-13,17H2,1-3H3,(H,28,34)/t25-/m1/s1. The molecule has 0 unspecified atom stereocenters. The summed E-state index contributed by atoms with van der Waals surface area (Å²) < 4.78 is 2.10. The van der Waals surface area contributed by atoms with Crippen molar-refractivity contribution in [1.29, 1.82) is 0 Å². The maximum absolute atomic E-state index is 13.2. The minimum atomic E-state index is 0.0156. The first-order chi connectivity index (χ1) is 16.5. The van der Waals surface area contributed by atoms with Crippen molar-refractivity contribution in [3.63, 3.8) is 0 Å². The molecule has 0 radical (unpaired) electrons. The van der Waals surface area contributed by atoms with Crippen molar-refractivity contribution in [1.82, 2.24) is 30.1 Å². The second-order valence-corrected chi connectivity index (χ2v) is 10.5. The maximum Gasteiger partial charge on any atom is 0.252 e. The van der Waals surface area contributed by atoms with E-state index in [0.717, 1.165) is 41.6 Å².